The summed E-state index contributed by atoms with van der Waals surface area (Å²) in [6.07, 6.45) is 0.150. The van der Waals surface area contributed by atoms with Crippen molar-refractivity contribution in [3.8, 4) is 11.1 Å². The number of rotatable bonds is 5. The summed E-state index contributed by atoms with van der Waals surface area (Å²) in [5.41, 5.74) is 3.54. The Balaban J connectivity index is 1.81. The van der Waals surface area contributed by atoms with E-state index in [1.807, 2.05) is 31.2 Å². The van der Waals surface area contributed by atoms with Gasteiger partial charge in [-0.05, 0) is 64.2 Å². The molecule has 0 saturated carbocycles. The molecular weight excluding hydrogens is 450 g/mol. The van der Waals surface area contributed by atoms with Gasteiger partial charge in [0.2, 0.25) is 10.0 Å². The standard InChI is InChI=1S/C24H24ClNO5S/c1-16-19(14-23(27)30-2)13-18-3-6-20(25)15-22(18)24(16)17-4-7-21(8-5-17)32(28,29)26-9-11-31-12-10-26/h3-8,13,15H,9-12,14H2,1-2H3. The van der Waals surface area contributed by atoms with Gasteiger partial charge in [0.25, 0.3) is 0 Å². The maximum absolute atomic E-state index is 13.0. The number of esters is 1. The number of morpholine rings is 1. The lowest BCUT2D eigenvalue weighted by molar-refractivity contribution is -0.139. The van der Waals surface area contributed by atoms with Gasteiger partial charge < -0.3 is 9.47 Å². The third kappa shape index (κ3) is 4.38. The van der Waals surface area contributed by atoms with Crippen molar-refractivity contribution in [3.05, 3.63) is 64.7 Å². The van der Waals surface area contributed by atoms with Crippen LogP contribution in [0.15, 0.2) is 53.4 Å². The summed E-state index contributed by atoms with van der Waals surface area (Å²) in [6, 6.07) is 14.4. The first kappa shape index (κ1) is 22.7. The summed E-state index contributed by atoms with van der Waals surface area (Å²) in [6.45, 7) is 3.45. The molecule has 3 aromatic rings. The van der Waals surface area contributed by atoms with Gasteiger partial charge in [0.05, 0.1) is 31.6 Å². The summed E-state index contributed by atoms with van der Waals surface area (Å²) in [7, 11) is -2.21. The smallest absolute Gasteiger partial charge is 0.309 e. The molecule has 0 amide bonds. The highest BCUT2D eigenvalue weighted by molar-refractivity contribution is 7.89. The van der Waals surface area contributed by atoms with E-state index in [0.717, 1.165) is 33.0 Å². The number of methoxy groups -OCH3 is 1. The van der Waals surface area contributed by atoms with E-state index in [9.17, 15) is 13.2 Å². The number of hydrogen-bond acceptors (Lipinski definition) is 5. The average Bonchev–Trinajstić information content (AvgIpc) is 2.80. The lowest BCUT2D eigenvalue weighted by Crippen LogP contribution is -2.40. The van der Waals surface area contributed by atoms with Crippen LogP contribution in [0.3, 0.4) is 0 Å². The molecule has 1 fully saturated rings. The molecule has 0 atom stereocenters. The third-order valence-electron chi connectivity index (χ3n) is 5.78. The topological polar surface area (TPSA) is 72.9 Å². The molecule has 1 aliphatic heterocycles. The molecule has 0 spiro atoms. The predicted octanol–water partition coefficient (Wildman–Crippen LogP) is 4.21. The number of fused-ring (bicyclic) bond motifs is 1. The van der Waals surface area contributed by atoms with E-state index < -0.39 is 10.0 Å². The molecule has 1 aliphatic rings. The third-order valence-corrected chi connectivity index (χ3v) is 7.93. The molecular formula is C24H24ClNO5S. The van der Waals surface area contributed by atoms with Gasteiger partial charge in [-0.1, -0.05) is 35.9 Å². The lowest BCUT2D eigenvalue weighted by Gasteiger charge is -2.26. The first-order valence-corrected chi connectivity index (χ1v) is 12.1. The Hall–Kier alpha value is -2.45. The molecule has 0 unspecified atom stereocenters. The van der Waals surface area contributed by atoms with Crippen molar-refractivity contribution in [1.29, 1.82) is 0 Å². The number of sulfonamides is 1. The van der Waals surface area contributed by atoms with Gasteiger partial charge >= 0.3 is 5.97 Å². The fraction of sp³-hybridized carbons (Fsp3) is 0.292. The number of hydrogen-bond donors (Lipinski definition) is 0. The second-order valence-corrected chi connectivity index (χ2v) is 10.1. The summed E-state index contributed by atoms with van der Waals surface area (Å²) in [4.78, 5) is 12.2. The summed E-state index contributed by atoms with van der Waals surface area (Å²) in [5, 5.41) is 2.48. The molecule has 0 N–H and O–H groups in total. The molecule has 4 rings (SSSR count). The molecule has 1 saturated heterocycles. The molecule has 32 heavy (non-hydrogen) atoms. The quantitative estimate of drug-likeness (QED) is 0.519. The maximum atomic E-state index is 13.0. The minimum atomic E-state index is -3.58. The molecule has 0 aliphatic carbocycles. The fourth-order valence-corrected chi connectivity index (χ4v) is 5.62. The van der Waals surface area contributed by atoms with E-state index in [-0.39, 0.29) is 17.3 Å². The minimum absolute atomic E-state index is 0.150. The van der Waals surface area contributed by atoms with Crippen molar-refractivity contribution in [1.82, 2.24) is 4.31 Å². The van der Waals surface area contributed by atoms with E-state index in [4.69, 9.17) is 21.1 Å². The van der Waals surface area contributed by atoms with E-state index in [1.165, 1.54) is 11.4 Å². The molecule has 1 heterocycles. The van der Waals surface area contributed by atoms with Gasteiger partial charge in [0.1, 0.15) is 0 Å². The second kappa shape index (κ2) is 9.19. The van der Waals surface area contributed by atoms with Gasteiger partial charge in [-0.15, -0.1) is 0 Å². The van der Waals surface area contributed by atoms with Crippen LogP contribution in [0.2, 0.25) is 5.02 Å². The highest BCUT2D eigenvalue weighted by atomic mass is 35.5. The number of halogens is 1. The van der Waals surface area contributed by atoms with Crippen LogP contribution in [0.5, 0.6) is 0 Å². The van der Waals surface area contributed by atoms with E-state index in [0.29, 0.717) is 31.3 Å². The Kier molecular flexibility index (Phi) is 6.53. The molecule has 3 aromatic carbocycles. The summed E-state index contributed by atoms with van der Waals surface area (Å²) >= 11 is 6.28. The Morgan fingerprint density at radius 2 is 1.78 bits per heavy atom. The maximum Gasteiger partial charge on any atom is 0.309 e. The van der Waals surface area contributed by atoms with Crippen molar-refractivity contribution < 1.29 is 22.7 Å². The SMILES string of the molecule is COC(=O)Cc1cc2ccc(Cl)cc2c(-c2ccc(S(=O)(=O)N3CCOCC3)cc2)c1C. The van der Waals surface area contributed by atoms with Crippen molar-refractivity contribution in [2.45, 2.75) is 18.2 Å². The summed E-state index contributed by atoms with van der Waals surface area (Å²) in [5.74, 6) is -0.320. The normalized spacial score (nSPS) is 15.1. The zero-order valence-corrected chi connectivity index (χ0v) is 19.5. The van der Waals surface area contributed by atoms with Crippen molar-refractivity contribution in [3.63, 3.8) is 0 Å². The monoisotopic (exact) mass is 473 g/mol. The zero-order chi connectivity index (χ0) is 22.9. The van der Waals surface area contributed by atoms with E-state index >= 15 is 0 Å². The van der Waals surface area contributed by atoms with Crippen LogP contribution in [0, 0.1) is 6.92 Å². The molecule has 0 bridgehead atoms. The zero-order valence-electron chi connectivity index (χ0n) is 17.9. The number of nitrogens with zero attached hydrogens (tertiary/aromatic N) is 1. The average molecular weight is 474 g/mol. The Bertz CT molecular complexity index is 1270. The molecule has 168 valence electrons. The van der Waals surface area contributed by atoms with Crippen molar-refractivity contribution in [2.24, 2.45) is 0 Å². The minimum Gasteiger partial charge on any atom is -0.469 e. The largest absolute Gasteiger partial charge is 0.469 e. The Labute approximate surface area is 192 Å². The van der Waals surface area contributed by atoms with Crippen LogP contribution in [0.1, 0.15) is 11.1 Å². The first-order valence-electron chi connectivity index (χ1n) is 10.3. The highest BCUT2D eigenvalue weighted by Crippen LogP contribution is 2.36. The molecule has 6 nitrogen and oxygen atoms in total. The fourth-order valence-electron chi connectivity index (χ4n) is 4.04. The van der Waals surface area contributed by atoms with E-state index in [1.54, 1.807) is 24.3 Å². The number of carbonyl (C=O) groups excluding carboxylic acids is 1. The Morgan fingerprint density at radius 1 is 1.09 bits per heavy atom. The second-order valence-electron chi connectivity index (χ2n) is 7.69. The van der Waals surface area contributed by atoms with Crippen LogP contribution in [0.25, 0.3) is 21.9 Å². The molecule has 0 radical (unpaired) electrons. The van der Waals surface area contributed by atoms with Crippen LogP contribution in [0.4, 0.5) is 0 Å². The highest BCUT2D eigenvalue weighted by Gasteiger charge is 2.26. The number of carbonyl (C=O) groups is 1. The van der Waals surface area contributed by atoms with Crippen molar-refractivity contribution in [2.75, 3.05) is 33.4 Å². The van der Waals surface area contributed by atoms with Gasteiger partial charge in [-0.3, -0.25) is 4.79 Å². The van der Waals surface area contributed by atoms with Gasteiger partial charge in [-0.25, -0.2) is 8.42 Å². The predicted molar refractivity (Wildman–Crippen MR) is 124 cm³/mol. The van der Waals surface area contributed by atoms with E-state index in [2.05, 4.69) is 0 Å². The molecule has 0 aromatic heterocycles. The van der Waals surface area contributed by atoms with Crippen LogP contribution < -0.4 is 0 Å². The van der Waals surface area contributed by atoms with Crippen molar-refractivity contribution >= 4 is 38.4 Å². The molecule has 8 heteroatoms. The number of ether oxygens (including phenoxy) is 2. The van der Waals surface area contributed by atoms with Gasteiger partial charge in [0, 0.05) is 18.1 Å². The first-order chi connectivity index (χ1) is 15.3. The van der Waals surface area contributed by atoms with Crippen LogP contribution in [-0.2, 0) is 30.7 Å². The van der Waals surface area contributed by atoms with Crippen LogP contribution in [-0.4, -0.2) is 52.1 Å². The lowest BCUT2D eigenvalue weighted by atomic mass is 9.89. The number of benzene rings is 3. The van der Waals surface area contributed by atoms with Gasteiger partial charge in [0.15, 0.2) is 0 Å². The Morgan fingerprint density at radius 3 is 2.44 bits per heavy atom. The summed E-state index contributed by atoms with van der Waals surface area (Å²) < 4.78 is 37.5. The van der Waals surface area contributed by atoms with Crippen LogP contribution >= 0.6 is 11.6 Å². The van der Waals surface area contributed by atoms with Gasteiger partial charge in [-0.2, -0.15) is 4.31 Å².